The average molecular weight is 501 g/mol. The Morgan fingerprint density at radius 1 is 0.889 bits per heavy atom. The Hall–Kier alpha value is -3.84. The zero-order valence-electron chi connectivity index (χ0n) is 20.3. The van der Waals surface area contributed by atoms with E-state index in [2.05, 4.69) is 12.2 Å². The fraction of sp³-hybridized carbons (Fsp3) is 0.207. The summed E-state index contributed by atoms with van der Waals surface area (Å²) >= 11 is 1.25. The number of thioether (sulfide) groups is 1. The van der Waals surface area contributed by atoms with Gasteiger partial charge in [-0.15, -0.1) is 0 Å². The van der Waals surface area contributed by atoms with Crippen LogP contribution in [0.3, 0.4) is 0 Å². The van der Waals surface area contributed by atoms with Crippen molar-refractivity contribution in [3.8, 4) is 0 Å². The topological polar surface area (TPSA) is 75.7 Å². The van der Waals surface area contributed by atoms with Crippen molar-refractivity contribution in [1.82, 2.24) is 0 Å². The van der Waals surface area contributed by atoms with E-state index in [1.54, 1.807) is 31.2 Å². The number of nitrogens with one attached hydrogen (secondary N) is 1. The van der Waals surface area contributed by atoms with Crippen molar-refractivity contribution >= 4 is 40.9 Å². The second kappa shape index (κ2) is 11.7. The standard InChI is InChI=1S/C29H28N2O4S/c1-3-5-9-20-12-18-23(19-13-20)31-27(32)25(26(28(31)33)36-24-10-7-6-8-11-24)30-22-16-14-21(15-17-22)29(34)35-4-2/h6-8,10-19,30H,3-5,9H2,1-2H3. The predicted octanol–water partition coefficient (Wildman–Crippen LogP) is 6.20. The fourth-order valence-electron chi connectivity index (χ4n) is 3.80. The van der Waals surface area contributed by atoms with E-state index in [4.69, 9.17) is 4.74 Å². The van der Waals surface area contributed by atoms with E-state index in [1.165, 1.54) is 22.2 Å². The lowest BCUT2D eigenvalue weighted by Gasteiger charge is -2.16. The third-order valence-electron chi connectivity index (χ3n) is 5.68. The summed E-state index contributed by atoms with van der Waals surface area (Å²) in [5, 5.41) is 3.12. The molecule has 1 heterocycles. The Kier molecular flexibility index (Phi) is 8.23. The summed E-state index contributed by atoms with van der Waals surface area (Å²) in [5.41, 5.74) is 2.90. The zero-order valence-corrected chi connectivity index (χ0v) is 21.1. The van der Waals surface area contributed by atoms with Crippen LogP contribution in [-0.4, -0.2) is 24.4 Å². The number of esters is 1. The number of hydrogen-bond donors (Lipinski definition) is 1. The Balaban J connectivity index is 1.63. The molecule has 0 fully saturated rings. The van der Waals surface area contributed by atoms with Gasteiger partial charge in [-0.2, -0.15) is 0 Å². The van der Waals surface area contributed by atoms with Crippen LogP contribution in [-0.2, 0) is 20.7 Å². The van der Waals surface area contributed by atoms with Crippen molar-refractivity contribution in [2.24, 2.45) is 0 Å². The quantitative estimate of drug-likeness (QED) is 0.264. The number of aryl methyl sites for hydroxylation is 1. The fourth-order valence-corrected chi connectivity index (χ4v) is 4.74. The number of nitrogens with zero attached hydrogens (tertiary/aromatic N) is 1. The van der Waals surface area contributed by atoms with Gasteiger partial charge in [0, 0.05) is 10.6 Å². The first-order valence-corrected chi connectivity index (χ1v) is 12.8. The molecule has 1 N–H and O–H groups in total. The smallest absolute Gasteiger partial charge is 0.338 e. The highest BCUT2D eigenvalue weighted by atomic mass is 32.2. The van der Waals surface area contributed by atoms with E-state index in [0.29, 0.717) is 21.8 Å². The zero-order chi connectivity index (χ0) is 25.5. The second-order valence-electron chi connectivity index (χ2n) is 8.26. The molecule has 0 saturated heterocycles. The van der Waals surface area contributed by atoms with Crippen LogP contribution in [0.2, 0.25) is 0 Å². The lowest BCUT2D eigenvalue weighted by molar-refractivity contribution is -0.120. The van der Waals surface area contributed by atoms with Crippen LogP contribution < -0.4 is 10.2 Å². The second-order valence-corrected chi connectivity index (χ2v) is 9.34. The van der Waals surface area contributed by atoms with E-state index >= 15 is 0 Å². The Morgan fingerprint density at radius 2 is 1.58 bits per heavy atom. The molecule has 0 bridgehead atoms. The molecule has 0 saturated carbocycles. The molecule has 1 aliphatic heterocycles. The number of anilines is 2. The molecule has 0 unspecified atom stereocenters. The van der Waals surface area contributed by atoms with Crippen LogP contribution in [0.5, 0.6) is 0 Å². The van der Waals surface area contributed by atoms with Gasteiger partial charge in [-0.3, -0.25) is 9.59 Å². The van der Waals surface area contributed by atoms with Crippen molar-refractivity contribution in [1.29, 1.82) is 0 Å². The molecule has 0 aliphatic carbocycles. The van der Waals surface area contributed by atoms with Crippen LogP contribution in [0.4, 0.5) is 11.4 Å². The minimum atomic E-state index is -0.422. The molecular formula is C29H28N2O4S. The summed E-state index contributed by atoms with van der Waals surface area (Å²) in [6.07, 6.45) is 3.15. The maximum Gasteiger partial charge on any atom is 0.338 e. The van der Waals surface area contributed by atoms with Gasteiger partial charge in [0.05, 0.1) is 17.9 Å². The minimum absolute atomic E-state index is 0.202. The molecule has 0 atom stereocenters. The first-order valence-electron chi connectivity index (χ1n) is 12.0. The van der Waals surface area contributed by atoms with Crippen LogP contribution in [0, 0.1) is 0 Å². The molecule has 3 aromatic carbocycles. The molecule has 0 spiro atoms. The lowest BCUT2D eigenvalue weighted by atomic mass is 10.1. The molecule has 0 radical (unpaired) electrons. The summed E-state index contributed by atoms with van der Waals surface area (Å²) in [6.45, 7) is 4.18. The number of imide groups is 1. The van der Waals surface area contributed by atoms with Crippen LogP contribution in [0.25, 0.3) is 0 Å². The third kappa shape index (κ3) is 5.69. The highest BCUT2D eigenvalue weighted by Crippen LogP contribution is 2.38. The van der Waals surface area contributed by atoms with Crippen LogP contribution in [0.15, 0.2) is 94.4 Å². The highest BCUT2D eigenvalue weighted by Gasteiger charge is 2.40. The number of hydrogen-bond acceptors (Lipinski definition) is 6. The van der Waals surface area contributed by atoms with Gasteiger partial charge in [0.25, 0.3) is 11.8 Å². The number of rotatable bonds is 10. The molecule has 36 heavy (non-hydrogen) atoms. The van der Waals surface area contributed by atoms with Crippen LogP contribution in [0.1, 0.15) is 42.6 Å². The number of benzene rings is 3. The molecule has 0 aromatic heterocycles. The lowest BCUT2D eigenvalue weighted by Crippen LogP contribution is -2.32. The summed E-state index contributed by atoms with van der Waals surface area (Å²) in [4.78, 5) is 41.4. The monoisotopic (exact) mass is 500 g/mol. The molecule has 2 amide bonds. The summed E-state index contributed by atoms with van der Waals surface area (Å²) in [6, 6.07) is 23.7. The van der Waals surface area contributed by atoms with E-state index in [9.17, 15) is 14.4 Å². The summed E-state index contributed by atoms with van der Waals surface area (Å²) in [5.74, 6) is -1.21. The SMILES string of the molecule is CCCCc1ccc(N2C(=O)C(Nc3ccc(C(=O)OCC)cc3)=C(Sc3ccccc3)C2=O)cc1. The number of ether oxygens (including phenoxy) is 1. The highest BCUT2D eigenvalue weighted by molar-refractivity contribution is 8.04. The van der Waals surface area contributed by atoms with E-state index in [1.807, 2.05) is 54.6 Å². The van der Waals surface area contributed by atoms with Gasteiger partial charge in [-0.1, -0.05) is 55.4 Å². The first kappa shape index (κ1) is 25.3. The molecule has 7 heteroatoms. The van der Waals surface area contributed by atoms with Gasteiger partial charge >= 0.3 is 5.97 Å². The number of carbonyl (C=O) groups excluding carboxylic acids is 3. The van der Waals surface area contributed by atoms with Gasteiger partial charge in [0.2, 0.25) is 0 Å². The van der Waals surface area contributed by atoms with Crippen LogP contribution >= 0.6 is 11.8 Å². The predicted molar refractivity (Wildman–Crippen MR) is 143 cm³/mol. The van der Waals surface area contributed by atoms with Gasteiger partial charge in [-0.05, 0) is 73.9 Å². The van der Waals surface area contributed by atoms with Crippen molar-refractivity contribution in [2.45, 2.75) is 38.0 Å². The molecular weight excluding hydrogens is 472 g/mol. The van der Waals surface area contributed by atoms with Gasteiger partial charge < -0.3 is 10.1 Å². The Morgan fingerprint density at radius 3 is 2.22 bits per heavy atom. The molecule has 1 aliphatic rings. The minimum Gasteiger partial charge on any atom is -0.462 e. The van der Waals surface area contributed by atoms with Crippen molar-refractivity contribution in [3.05, 3.63) is 101 Å². The first-order chi connectivity index (χ1) is 17.5. The average Bonchev–Trinajstić information content (AvgIpc) is 3.13. The molecule has 3 aromatic rings. The van der Waals surface area contributed by atoms with Gasteiger partial charge in [0.15, 0.2) is 0 Å². The van der Waals surface area contributed by atoms with E-state index in [0.717, 1.165) is 24.2 Å². The van der Waals surface area contributed by atoms with Crippen molar-refractivity contribution in [3.63, 3.8) is 0 Å². The maximum atomic E-state index is 13.5. The van der Waals surface area contributed by atoms with E-state index in [-0.39, 0.29) is 18.2 Å². The van der Waals surface area contributed by atoms with Crippen molar-refractivity contribution < 1.29 is 19.1 Å². The summed E-state index contributed by atoms with van der Waals surface area (Å²) in [7, 11) is 0. The van der Waals surface area contributed by atoms with Gasteiger partial charge in [-0.25, -0.2) is 9.69 Å². The van der Waals surface area contributed by atoms with Gasteiger partial charge in [0.1, 0.15) is 10.6 Å². The summed E-state index contributed by atoms with van der Waals surface area (Å²) < 4.78 is 5.03. The molecule has 184 valence electrons. The Bertz CT molecular complexity index is 1270. The third-order valence-corrected chi connectivity index (χ3v) is 6.77. The van der Waals surface area contributed by atoms with Crippen molar-refractivity contribution in [2.75, 3.05) is 16.8 Å². The number of carbonyl (C=O) groups is 3. The number of unbranched alkanes of at least 4 members (excludes halogenated alkanes) is 1. The number of amides is 2. The Labute approximate surface area is 215 Å². The molecule has 4 rings (SSSR count). The normalized spacial score (nSPS) is 13.3. The molecule has 6 nitrogen and oxygen atoms in total. The largest absolute Gasteiger partial charge is 0.462 e. The van der Waals surface area contributed by atoms with E-state index < -0.39 is 11.9 Å². The maximum absolute atomic E-state index is 13.5.